The van der Waals surface area contributed by atoms with Gasteiger partial charge in [0.25, 0.3) is 0 Å². The molecule has 0 aliphatic rings. The first-order valence-corrected chi connectivity index (χ1v) is 10.5. The number of ether oxygens (including phenoxy) is 1. The van der Waals surface area contributed by atoms with E-state index in [1.165, 1.54) is 0 Å². The highest BCUT2D eigenvalue weighted by molar-refractivity contribution is 7.10. The number of aromatic nitrogens is 2. The monoisotopic (exact) mass is 392 g/mol. The fraction of sp³-hybridized carbons (Fsp3) is 0.182. The lowest BCUT2D eigenvalue weighted by Gasteiger charge is -2.15. The Bertz CT molecular complexity index is 1020. The normalized spacial score (nSPS) is 11.0. The predicted molar refractivity (Wildman–Crippen MR) is 114 cm³/mol. The van der Waals surface area contributed by atoms with E-state index in [1.54, 1.807) is 22.7 Å². The Morgan fingerprint density at radius 2 is 1.11 bits per heavy atom. The lowest BCUT2D eigenvalue weighted by atomic mass is 10.0. The van der Waals surface area contributed by atoms with Crippen LogP contribution in [0.5, 0.6) is 11.5 Å². The fourth-order valence-electron chi connectivity index (χ4n) is 3.10. The second-order valence-electron chi connectivity index (χ2n) is 6.46. The summed E-state index contributed by atoms with van der Waals surface area (Å²) >= 11 is 3.33. The summed E-state index contributed by atoms with van der Waals surface area (Å²) in [7, 11) is 0. The molecule has 0 bridgehead atoms. The van der Waals surface area contributed by atoms with Gasteiger partial charge in [-0.15, -0.1) is 22.7 Å². The van der Waals surface area contributed by atoms with E-state index >= 15 is 0 Å². The van der Waals surface area contributed by atoms with Crippen LogP contribution in [0.1, 0.15) is 21.1 Å². The Labute approximate surface area is 167 Å². The highest BCUT2D eigenvalue weighted by Crippen LogP contribution is 2.36. The van der Waals surface area contributed by atoms with Gasteiger partial charge in [0.1, 0.15) is 11.5 Å². The molecule has 0 atom stereocenters. The van der Waals surface area contributed by atoms with E-state index in [0.717, 1.165) is 55.2 Å². The van der Waals surface area contributed by atoms with Gasteiger partial charge in [-0.3, -0.25) is 0 Å². The van der Waals surface area contributed by atoms with Crippen molar-refractivity contribution in [1.29, 1.82) is 0 Å². The van der Waals surface area contributed by atoms with Gasteiger partial charge in [0.2, 0.25) is 0 Å². The molecule has 136 valence electrons. The largest absolute Gasteiger partial charge is 0.457 e. The molecule has 0 amide bonds. The molecule has 0 aliphatic carbocycles. The van der Waals surface area contributed by atoms with E-state index in [-0.39, 0.29) is 0 Å². The summed E-state index contributed by atoms with van der Waals surface area (Å²) in [5, 5.41) is 6.33. The van der Waals surface area contributed by atoms with E-state index < -0.39 is 0 Å². The molecule has 3 nitrogen and oxygen atoms in total. The van der Waals surface area contributed by atoms with Gasteiger partial charge in [-0.2, -0.15) is 0 Å². The van der Waals surface area contributed by atoms with Crippen LogP contribution >= 0.6 is 22.7 Å². The molecule has 5 heteroatoms. The van der Waals surface area contributed by atoms with Gasteiger partial charge < -0.3 is 4.74 Å². The molecule has 0 N–H and O–H groups in total. The summed E-state index contributed by atoms with van der Waals surface area (Å²) in [5.74, 6) is 1.71. The van der Waals surface area contributed by atoms with Crippen LogP contribution in [0, 0.1) is 27.7 Å². The molecule has 2 heterocycles. The van der Waals surface area contributed by atoms with Gasteiger partial charge in [0.15, 0.2) is 0 Å². The predicted octanol–water partition coefficient (Wildman–Crippen LogP) is 6.96. The third-order valence-corrected chi connectivity index (χ3v) is 6.13. The smallest absolute Gasteiger partial charge is 0.131 e. The topological polar surface area (TPSA) is 35.0 Å². The Morgan fingerprint density at radius 3 is 1.48 bits per heavy atom. The molecule has 0 saturated carbocycles. The van der Waals surface area contributed by atoms with Gasteiger partial charge in [-0.25, -0.2) is 9.97 Å². The maximum Gasteiger partial charge on any atom is 0.131 e. The molecule has 2 aromatic carbocycles. The third kappa shape index (κ3) is 3.53. The summed E-state index contributed by atoms with van der Waals surface area (Å²) in [6.07, 6.45) is 0. The average molecular weight is 393 g/mol. The number of benzene rings is 2. The minimum absolute atomic E-state index is 0.855. The molecule has 4 rings (SSSR count). The van der Waals surface area contributed by atoms with Crippen molar-refractivity contribution in [2.75, 3.05) is 0 Å². The summed E-state index contributed by atoms with van der Waals surface area (Å²) < 4.78 is 6.33. The van der Waals surface area contributed by atoms with Crippen LogP contribution in [0.25, 0.3) is 22.5 Å². The Kier molecular flexibility index (Phi) is 4.81. The zero-order valence-electron chi connectivity index (χ0n) is 15.7. The number of nitrogens with zero attached hydrogens (tertiary/aromatic N) is 2. The quantitative estimate of drug-likeness (QED) is 0.376. The highest BCUT2D eigenvalue weighted by Gasteiger charge is 2.14. The zero-order chi connectivity index (χ0) is 19.0. The number of hydrogen-bond donors (Lipinski definition) is 0. The molecule has 27 heavy (non-hydrogen) atoms. The van der Waals surface area contributed by atoms with Crippen LogP contribution in [-0.4, -0.2) is 9.97 Å². The molecule has 0 spiro atoms. The van der Waals surface area contributed by atoms with Crippen molar-refractivity contribution in [3.8, 4) is 34.0 Å². The molecule has 4 aromatic rings. The third-order valence-electron chi connectivity index (χ3n) is 4.58. The van der Waals surface area contributed by atoms with Crippen LogP contribution < -0.4 is 4.74 Å². The molecule has 0 aliphatic heterocycles. The number of thiazole rings is 2. The molecule has 0 radical (unpaired) electrons. The van der Waals surface area contributed by atoms with E-state index in [4.69, 9.17) is 4.74 Å². The van der Waals surface area contributed by atoms with Gasteiger partial charge in [-0.1, -0.05) is 24.3 Å². The van der Waals surface area contributed by atoms with Crippen molar-refractivity contribution >= 4 is 22.7 Å². The maximum absolute atomic E-state index is 6.33. The lowest BCUT2D eigenvalue weighted by molar-refractivity contribution is 0.476. The summed E-state index contributed by atoms with van der Waals surface area (Å²) in [5.41, 5.74) is 6.42. The molecule has 0 saturated heterocycles. The first-order valence-electron chi connectivity index (χ1n) is 8.75. The van der Waals surface area contributed by atoms with Crippen LogP contribution in [0.15, 0.2) is 47.2 Å². The van der Waals surface area contributed by atoms with Crippen molar-refractivity contribution in [2.24, 2.45) is 0 Å². The Balaban J connectivity index is 1.71. The standard InChI is InChI=1S/C22H20N2OS2/c1-13-17(19-11-26-15(3)23-19)7-5-9-21(13)25-22-10-6-8-18(14(22)2)20-12-27-16(4)24-20/h5-12H,1-4H3. The van der Waals surface area contributed by atoms with E-state index in [1.807, 2.05) is 38.1 Å². The molecule has 2 aromatic heterocycles. The summed E-state index contributed by atoms with van der Waals surface area (Å²) in [6, 6.07) is 12.3. The fourth-order valence-corrected chi connectivity index (χ4v) is 4.32. The molecule has 0 unspecified atom stereocenters. The summed E-state index contributed by atoms with van der Waals surface area (Å²) in [4.78, 5) is 9.24. The highest BCUT2D eigenvalue weighted by atomic mass is 32.1. The van der Waals surface area contributed by atoms with Crippen molar-refractivity contribution in [2.45, 2.75) is 27.7 Å². The van der Waals surface area contributed by atoms with Crippen LogP contribution in [0.4, 0.5) is 0 Å². The number of aryl methyl sites for hydroxylation is 2. The van der Waals surface area contributed by atoms with Gasteiger partial charge >= 0.3 is 0 Å². The zero-order valence-corrected chi connectivity index (χ0v) is 17.4. The van der Waals surface area contributed by atoms with Crippen LogP contribution in [-0.2, 0) is 0 Å². The maximum atomic E-state index is 6.33. The van der Waals surface area contributed by atoms with Crippen molar-refractivity contribution < 1.29 is 4.74 Å². The molecular weight excluding hydrogens is 372 g/mol. The first kappa shape index (κ1) is 17.9. The minimum atomic E-state index is 0.855. The summed E-state index contributed by atoms with van der Waals surface area (Å²) in [6.45, 7) is 8.22. The van der Waals surface area contributed by atoms with E-state index in [2.05, 4.69) is 46.7 Å². The average Bonchev–Trinajstić information content (AvgIpc) is 3.27. The minimum Gasteiger partial charge on any atom is -0.457 e. The van der Waals surface area contributed by atoms with Crippen LogP contribution in [0.3, 0.4) is 0 Å². The number of rotatable bonds is 4. The van der Waals surface area contributed by atoms with Gasteiger partial charge in [0.05, 0.1) is 21.4 Å². The second-order valence-corrected chi connectivity index (χ2v) is 8.59. The SMILES string of the molecule is Cc1nc(-c2cccc(Oc3cccc(-c4csc(C)n4)c3C)c2C)cs1. The Hall–Kier alpha value is -2.50. The van der Waals surface area contributed by atoms with Crippen molar-refractivity contribution in [3.05, 3.63) is 68.3 Å². The lowest BCUT2D eigenvalue weighted by Crippen LogP contribution is -1.94. The Morgan fingerprint density at radius 1 is 0.667 bits per heavy atom. The van der Waals surface area contributed by atoms with Crippen molar-refractivity contribution in [1.82, 2.24) is 9.97 Å². The van der Waals surface area contributed by atoms with E-state index in [0.29, 0.717) is 0 Å². The van der Waals surface area contributed by atoms with Crippen molar-refractivity contribution in [3.63, 3.8) is 0 Å². The number of hydrogen-bond acceptors (Lipinski definition) is 5. The first-order chi connectivity index (χ1) is 13.0. The van der Waals surface area contributed by atoms with E-state index in [9.17, 15) is 0 Å². The van der Waals surface area contributed by atoms with Crippen LogP contribution in [0.2, 0.25) is 0 Å². The second kappa shape index (κ2) is 7.25. The van der Waals surface area contributed by atoms with Gasteiger partial charge in [0, 0.05) is 33.0 Å². The van der Waals surface area contributed by atoms with Gasteiger partial charge in [-0.05, 0) is 39.8 Å². The molecular formula is C22H20N2OS2. The molecule has 0 fully saturated rings.